The van der Waals surface area contributed by atoms with E-state index in [0.29, 0.717) is 35.7 Å². The summed E-state index contributed by atoms with van der Waals surface area (Å²) in [6, 6.07) is 6.38. The Hall–Kier alpha value is -2.95. The first-order valence-corrected chi connectivity index (χ1v) is 13.3. The maximum atomic E-state index is 13.1. The van der Waals surface area contributed by atoms with Crippen LogP contribution in [0.4, 0.5) is 19.0 Å². The van der Waals surface area contributed by atoms with Gasteiger partial charge in [-0.1, -0.05) is 37.1 Å². The third-order valence-electron chi connectivity index (χ3n) is 6.17. The highest BCUT2D eigenvalue weighted by molar-refractivity contribution is 7.99. The smallest absolute Gasteiger partial charge is 0.422 e. The average Bonchev–Trinajstić information content (AvgIpc) is 3.46. The molecule has 1 aliphatic heterocycles. The predicted octanol–water partition coefficient (Wildman–Crippen LogP) is 4.69. The fourth-order valence-corrected chi connectivity index (χ4v) is 4.94. The van der Waals surface area contributed by atoms with Crippen LogP contribution in [0, 0.1) is 0 Å². The summed E-state index contributed by atoms with van der Waals surface area (Å²) in [4.78, 5) is 25.4. The van der Waals surface area contributed by atoms with Crippen molar-refractivity contribution in [3.05, 3.63) is 53.2 Å². The average molecular weight is 523 g/mol. The molecule has 1 aliphatic carbocycles. The van der Waals surface area contributed by atoms with Crippen LogP contribution in [0.25, 0.3) is 0 Å². The molecular formula is C25H29F3N4O3S. The molecule has 2 aliphatic rings. The molecule has 7 nitrogen and oxygen atoms in total. The number of thioether (sulfide) groups is 1. The van der Waals surface area contributed by atoms with Gasteiger partial charge in [-0.3, -0.25) is 9.59 Å². The second-order valence-corrected chi connectivity index (χ2v) is 9.87. The van der Waals surface area contributed by atoms with Gasteiger partial charge in [0.1, 0.15) is 17.1 Å². The fourth-order valence-electron chi connectivity index (χ4n) is 4.61. The zero-order valence-electron chi connectivity index (χ0n) is 19.9. The number of allylic oxidation sites excluding steroid dienone is 1. The van der Waals surface area contributed by atoms with Crippen LogP contribution in [0.5, 0.6) is 5.75 Å². The van der Waals surface area contributed by atoms with E-state index in [1.807, 2.05) is 23.1 Å². The van der Waals surface area contributed by atoms with Gasteiger partial charge in [0.25, 0.3) is 5.91 Å². The topological polar surface area (TPSA) is 85.2 Å². The van der Waals surface area contributed by atoms with Crippen LogP contribution in [0.15, 0.2) is 36.4 Å². The number of alkyl halides is 3. The highest BCUT2D eigenvalue weighted by Crippen LogP contribution is 2.35. The van der Waals surface area contributed by atoms with Gasteiger partial charge in [-0.2, -0.15) is 30.0 Å². The third kappa shape index (κ3) is 6.63. The third-order valence-corrected chi connectivity index (χ3v) is 6.72. The lowest BCUT2D eigenvalue weighted by Crippen LogP contribution is -2.40. The van der Waals surface area contributed by atoms with Crippen LogP contribution in [0.2, 0.25) is 0 Å². The number of anilines is 1. The van der Waals surface area contributed by atoms with Gasteiger partial charge >= 0.3 is 6.18 Å². The van der Waals surface area contributed by atoms with Gasteiger partial charge in [0, 0.05) is 6.42 Å². The number of ether oxygens (including phenoxy) is 1. The Kier molecular flexibility index (Phi) is 8.28. The number of nitrogens with one attached hydrogen (secondary N) is 2. The number of rotatable bonds is 9. The Balaban J connectivity index is 1.45. The molecule has 2 aromatic rings. The van der Waals surface area contributed by atoms with E-state index in [4.69, 9.17) is 9.84 Å². The molecule has 2 N–H and O–H groups in total. The molecule has 1 saturated carbocycles. The summed E-state index contributed by atoms with van der Waals surface area (Å²) in [6.07, 6.45) is 6.24. The van der Waals surface area contributed by atoms with Crippen molar-refractivity contribution in [2.75, 3.05) is 23.9 Å². The van der Waals surface area contributed by atoms with Gasteiger partial charge in [-0.25, -0.2) is 4.68 Å². The number of nitrogens with zero attached hydrogens (tertiary/aromatic N) is 2. The Morgan fingerprint density at radius 3 is 2.83 bits per heavy atom. The van der Waals surface area contributed by atoms with Gasteiger partial charge in [0.2, 0.25) is 5.91 Å². The highest BCUT2D eigenvalue weighted by Gasteiger charge is 2.34. The van der Waals surface area contributed by atoms with Gasteiger partial charge in [-0.15, -0.1) is 0 Å². The predicted molar refractivity (Wildman–Crippen MR) is 133 cm³/mol. The molecule has 11 heteroatoms. The molecule has 2 amide bonds. The molecule has 0 bridgehead atoms. The first-order chi connectivity index (χ1) is 17.2. The quantitative estimate of drug-likeness (QED) is 0.467. The van der Waals surface area contributed by atoms with E-state index < -0.39 is 12.8 Å². The number of aromatic nitrogens is 2. The number of carbonyl (C=O) groups excluding carboxylic acids is 2. The van der Waals surface area contributed by atoms with Crippen LogP contribution in [-0.4, -0.2) is 52.4 Å². The van der Waals surface area contributed by atoms with E-state index in [0.717, 1.165) is 31.2 Å². The lowest BCUT2D eigenvalue weighted by Gasteiger charge is -2.20. The van der Waals surface area contributed by atoms with Crippen molar-refractivity contribution >= 4 is 29.4 Å². The van der Waals surface area contributed by atoms with Crippen LogP contribution in [0.3, 0.4) is 0 Å². The second-order valence-electron chi connectivity index (χ2n) is 9.00. The van der Waals surface area contributed by atoms with E-state index in [-0.39, 0.29) is 29.6 Å². The molecule has 0 spiro atoms. The number of amides is 2. The van der Waals surface area contributed by atoms with Crippen molar-refractivity contribution in [2.45, 2.75) is 56.8 Å². The Bertz CT molecular complexity index is 1130. The molecule has 1 fully saturated rings. The molecular weight excluding hydrogens is 493 g/mol. The Labute approximate surface area is 211 Å². The van der Waals surface area contributed by atoms with Crippen molar-refractivity contribution in [1.82, 2.24) is 15.1 Å². The zero-order valence-corrected chi connectivity index (χ0v) is 20.8. The van der Waals surface area contributed by atoms with Gasteiger partial charge in [0.05, 0.1) is 23.5 Å². The summed E-state index contributed by atoms with van der Waals surface area (Å²) < 4.78 is 43.8. The molecule has 2 heterocycles. The van der Waals surface area contributed by atoms with Gasteiger partial charge in [0.15, 0.2) is 6.61 Å². The van der Waals surface area contributed by atoms with Crippen molar-refractivity contribution in [3.8, 4) is 5.75 Å². The maximum absolute atomic E-state index is 13.1. The van der Waals surface area contributed by atoms with Crippen LogP contribution < -0.4 is 15.4 Å². The molecule has 36 heavy (non-hydrogen) atoms. The van der Waals surface area contributed by atoms with Crippen molar-refractivity contribution in [3.63, 3.8) is 0 Å². The SMILES string of the molecule is CSCC(=O)Nc1c2c(nn1C1CCCC1)CC(/C=C/Cc1cccc(OCC(F)(F)F)c1)NC2=O. The monoisotopic (exact) mass is 522 g/mol. The van der Waals surface area contributed by atoms with E-state index in [2.05, 4.69) is 10.6 Å². The molecule has 4 rings (SSSR count). The van der Waals surface area contributed by atoms with E-state index in [9.17, 15) is 22.8 Å². The van der Waals surface area contributed by atoms with Crippen molar-refractivity contribution in [1.29, 1.82) is 0 Å². The molecule has 1 atom stereocenters. The number of benzene rings is 1. The van der Waals surface area contributed by atoms with Crippen molar-refractivity contribution in [2.24, 2.45) is 0 Å². The number of hydrogen-bond acceptors (Lipinski definition) is 5. The summed E-state index contributed by atoms with van der Waals surface area (Å²) in [5.41, 5.74) is 1.87. The second kappa shape index (κ2) is 11.4. The number of halogens is 3. The minimum absolute atomic E-state index is 0.155. The number of hydrogen-bond donors (Lipinski definition) is 2. The molecule has 1 unspecified atom stereocenters. The highest BCUT2D eigenvalue weighted by atomic mass is 32.2. The fraction of sp³-hybridized carbons (Fsp3) is 0.480. The largest absolute Gasteiger partial charge is 0.484 e. The molecule has 194 valence electrons. The molecule has 0 radical (unpaired) electrons. The summed E-state index contributed by atoms with van der Waals surface area (Å²) in [5.74, 6) is 0.479. The molecule has 0 saturated heterocycles. The Morgan fingerprint density at radius 1 is 1.33 bits per heavy atom. The first-order valence-electron chi connectivity index (χ1n) is 11.9. The van der Waals surface area contributed by atoms with E-state index >= 15 is 0 Å². The van der Waals surface area contributed by atoms with E-state index in [1.165, 1.54) is 17.8 Å². The summed E-state index contributed by atoms with van der Waals surface area (Å²) in [7, 11) is 0. The Morgan fingerprint density at radius 2 is 2.11 bits per heavy atom. The first kappa shape index (κ1) is 26.1. The lowest BCUT2D eigenvalue weighted by atomic mass is 10.0. The normalized spacial score (nSPS) is 18.3. The standard InChI is InChI=1S/C25H29F3N4O3S/c1-36-14-21(33)30-23-22-20(31-32(23)18-9-2-3-10-18)13-17(29-24(22)34)8-4-6-16-7-5-11-19(12-16)35-15-25(26,27)28/h4-5,7-8,11-12,17-18H,2-3,6,9-10,13-15H2,1H3,(H,29,34)(H,30,33)/b8-4+. The minimum atomic E-state index is -4.39. The van der Waals surface area contributed by atoms with Crippen molar-refractivity contribution < 1.29 is 27.5 Å². The van der Waals surface area contributed by atoms with Gasteiger partial charge in [-0.05, 0) is 43.2 Å². The number of carbonyl (C=O) groups is 2. The maximum Gasteiger partial charge on any atom is 0.422 e. The van der Waals surface area contributed by atoms with Gasteiger partial charge < -0.3 is 15.4 Å². The lowest BCUT2D eigenvalue weighted by molar-refractivity contribution is -0.153. The number of fused-ring (bicyclic) bond motifs is 1. The van der Waals surface area contributed by atoms with Crippen LogP contribution in [-0.2, 0) is 17.6 Å². The van der Waals surface area contributed by atoms with Crippen LogP contribution >= 0.6 is 11.8 Å². The summed E-state index contributed by atoms with van der Waals surface area (Å²) in [6.45, 7) is -1.34. The summed E-state index contributed by atoms with van der Waals surface area (Å²) in [5, 5.41) is 10.6. The van der Waals surface area contributed by atoms with E-state index in [1.54, 1.807) is 18.2 Å². The minimum Gasteiger partial charge on any atom is -0.484 e. The molecule has 1 aromatic carbocycles. The zero-order chi connectivity index (χ0) is 25.7. The summed E-state index contributed by atoms with van der Waals surface area (Å²) >= 11 is 1.41. The molecule has 1 aromatic heterocycles. The van der Waals surface area contributed by atoms with Crippen LogP contribution in [0.1, 0.15) is 53.3 Å².